The molecule has 0 unspecified atom stereocenters. The molecule has 34 heavy (non-hydrogen) atoms. The van der Waals surface area contributed by atoms with E-state index in [1.165, 1.54) is 7.11 Å². The molecule has 0 fully saturated rings. The summed E-state index contributed by atoms with van der Waals surface area (Å²) in [5.41, 5.74) is 1.75. The highest BCUT2D eigenvalue weighted by Gasteiger charge is 2.27. The van der Waals surface area contributed by atoms with Crippen LogP contribution in [-0.4, -0.2) is 38.5 Å². The smallest absolute Gasteiger partial charge is 0.339 e. The molecule has 1 N–H and O–H groups in total. The van der Waals surface area contributed by atoms with Crippen molar-refractivity contribution in [3.8, 4) is 17.2 Å². The first kappa shape index (κ1) is 22.6. The fourth-order valence-corrected chi connectivity index (χ4v) is 3.32. The van der Waals surface area contributed by atoms with Crippen molar-refractivity contribution in [2.24, 2.45) is 0 Å². The Morgan fingerprint density at radius 2 is 1.71 bits per heavy atom. The fraction of sp³-hybridized carbons (Fsp3) is 0.115. The van der Waals surface area contributed by atoms with Crippen LogP contribution in [0.1, 0.15) is 26.3 Å². The molecule has 3 aromatic carbocycles. The third-order valence-corrected chi connectivity index (χ3v) is 5.03. The van der Waals surface area contributed by atoms with E-state index in [-0.39, 0.29) is 23.7 Å². The summed E-state index contributed by atoms with van der Waals surface area (Å²) in [5.74, 6) is 0.338. The molecular weight excluding hydrogens is 438 g/mol. The van der Waals surface area contributed by atoms with Crippen molar-refractivity contribution < 1.29 is 33.3 Å². The van der Waals surface area contributed by atoms with Gasteiger partial charge in [-0.25, -0.2) is 4.79 Å². The van der Waals surface area contributed by atoms with E-state index in [1.54, 1.807) is 67.8 Å². The molecule has 4 rings (SSSR count). The van der Waals surface area contributed by atoms with Crippen molar-refractivity contribution in [3.05, 3.63) is 89.2 Å². The van der Waals surface area contributed by atoms with Gasteiger partial charge in [-0.2, -0.15) is 0 Å². The minimum Gasteiger partial charge on any atom is -0.497 e. The highest BCUT2D eigenvalue weighted by molar-refractivity contribution is 6.14. The number of allylic oxidation sites excluding steroid dienone is 1. The van der Waals surface area contributed by atoms with Gasteiger partial charge in [0.1, 0.15) is 17.2 Å². The van der Waals surface area contributed by atoms with E-state index in [0.717, 1.165) is 5.56 Å². The van der Waals surface area contributed by atoms with E-state index in [9.17, 15) is 14.4 Å². The maximum Gasteiger partial charge on any atom is 0.339 e. The van der Waals surface area contributed by atoms with Crippen LogP contribution in [0.15, 0.2) is 72.5 Å². The summed E-state index contributed by atoms with van der Waals surface area (Å²) < 4.78 is 21.1. The molecular formula is C26H21NO7. The van der Waals surface area contributed by atoms with E-state index < -0.39 is 11.9 Å². The number of esters is 1. The normalized spacial score (nSPS) is 13.1. The Hall–Kier alpha value is -4.59. The van der Waals surface area contributed by atoms with Gasteiger partial charge in [0.15, 0.2) is 12.4 Å². The maximum atomic E-state index is 12.7. The molecule has 0 aliphatic carbocycles. The van der Waals surface area contributed by atoms with Crippen molar-refractivity contribution in [1.29, 1.82) is 0 Å². The van der Waals surface area contributed by atoms with E-state index in [1.807, 2.05) is 12.1 Å². The van der Waals surface area contributed by atoms with E-state index in [0.29, 0.717) is 28.5 Å². The zero-order chi connectivity index (χ0) is 24.1. The van der Waals surface area contributed by atoms with Gasteiger partial charge in [-0.1, -0.05) is 24.3 Å². The molecule has 1 heterocycles. The lowest BCUT2D eigenvalue weighted by atomic mass is 10.1. The van der Waals surface area contributed by atoms with Crippen LogP contribution in [0.3, 0.4) is 0 Å². The fourth-order valence-electron chi connectivity index (χ4n) is 3.32. The maximum absolute atomic E-state index is 12.7. The van der Waals surface area contributed by atoms with Gasteiger partial charge in [0.2, 0.25) is 5.78 Å². The molecule has 8 nitrogen and oxygen atoms in total. The van der Waals surface area contributed by atoms with E-state index >= 15 is 0 Å². The first-order chi connectivity index (χ1) is 16.5. The average Bonchev–Trinajstić information content (AvgIpc) is 3.17. The van der Waals surface area contributed by atoms with Crippen LogP contribution in [-0.2, 0) is 9.53 Å². The zero-order valence-corrected chi connectivity index (χ0v) is 18.5. The first-order valence-electron chi connectivity index (χ1n) is 10.3. The Labute approximate surface area is 195 Å². The molecule has 0 saturated carbocycles. The zero-order valence-electron chi connectivity index (χ0n) is 18.5. The molecule has 0 bridgehead atoms. The SMILES string of the molecule is COC(=O)c1ccccc1NC(=O)COc1ccc2c(c1)OC(=Cc1ccc(OC)cc1)C2=O. The number of para-hydroxylation sites is 1. The predicted octanol–water partition coefficient (Wildman–Crippen LogP) is 4.12. The molecule has 3 aromatic rings. The highest BCUT2D eigenvalue weighted by atomic mass is 16.5. The molecule has 8 heteroatoms. The summed E-state index contributed by atoms with van der Waals surface area (Å²) >= 11 is 0. The molecule has 0 spiro atoms. The number of methoxy groups -OCH3 is 2. The summed E-state index contributed by atoms with van der Waals surface area (Å²) in [6.07, 6.45) is 1.65. The number of hydrogen-bond donors (Lipinski definition) is 1. The molecule has 172 valence electrons. The number of anilines is 1. The van der Waals surface area contributed by atoms with Crippen LogP contribution >= 0.6 is 0 Å². The van der Waals surface area contributed by atoms with Crippen LogP contribution in [0.25, 0.3) is 6.08 Å². The number of hydrogen-bond acceptors (Lipinski definition) is 7. The van der Waals surface area contributed by atoms with Gasteiger partial charge < -0.3 is 24.3 Å². The lowest BCUT2D eigenvalue weighted by Gasteiger charge is -2.11. The van der Waals surface area contributed by atoms with Gasteiger partial charge in [0.05, 0.1) is 31.0 Å². The topological polar surface area (TPSA) is 100 Å². The third kappa shape index (κ3) is 4.91. The van der Waals surface area contributed by atoms with E-state index in [2.05, 4.69) is 5.32 Å². The second kappa shape index (κ2) is 9.91. The van der Waals surface area contributed by atoms with Gasteiger partial charge in [0, 0.05) is 6.07 Å². The van der Waals surface area contributed by atoms with Crippen LogP contribution in [0.4, 0.5) is 5.69 Å². The number of benzene rings is 3. The average molecular weight is 459 g/mol. The minimum atomic E-state index is -0.559. The molecule has 0 saturated heterocycles. The summed E-state index contributed by atoms with van der Waals surface area (Å²) in [6, 6.07) is 18.4. The Morgan fingerprint density at radius 3 is 2.44 bits per heavy atom. The van der Waals surface area contributed by atoms with Gasteiger partial charge in [-0.15, -0.1) is 0 Å². The first-order valence-corrected chi connectivity index (χ1v) is 10.3. The minimum absolute atomic E-state index is 0.189. The van der Waals surface area contributed by atoms with Crippen molar-refractivity contribution in [1.82, 2.24) is 0 Å². The Kier molecular flexibility index (Phi) is 6.59. The molecule has 1 amide bonds. The lowest BCUT2D eigenvalue weighted by molar-refractivity contribution is -0.118. The van der Waals surface area contributed by atoms with Crippen molar-refractivity contribution >= 4 is 29.4 Å². The molecule has 1 aliphatic heterocycles. The molecule has 0 radical (unpaired) electrons. The number of ether oxygens (including phenoxy) is 4. The second-order valence-electron chi connectivity index (χ2n) is 7.24. The van der Waals surface area contributed by atoms with Crippen molar-refractivity contribution in [3.63, 3.8) is 0 Å². The standard InChI is InChI=1S/C26H21NO7/c1-31-17-9-7-16(8-10-17)13-23-25(29)20-12-11-18(14-22(20)34-23)33-15-24(28)27-21-6-4-3-5-19(21)26(30)32-2/h3-14H,15H2,1-2H3,(H,27,28). The lowest BCUT2D eigenvalue weighted by Crippen LogP contribution is -2.21. The summed E-state index contributed by atoms with van der Waals surface area (Å²) in [4.78, 5) is 36.8. The number of carbonyl (C=O) groups excluding carboxylic acids is 3. The van der Waals surface area contributed by atoms with Gasteiger partial charge in [-0.3, -0.25) is 9.59 Å². The quantitative estimate of drug-likeness (QED) is 0.419. The molecule has 0 atom stereocenters. The van der Waals surface area contributed by atoms with Crippen LogP contribution in [0.5, 0.6) is 17.2 Å². The monoisotopic (exact) mass is 459 g/mol. The Bertz CT molecular complexity index is 1280. The van der Waals surface area contributed by atoms with Gasteiger partial charge in [0.25, 0.3) is 5.91 Å². The number of rotatable bonds is 7. The highest BCUT2D eigenvalue weighted by Crippen LogP contribution is 2.35. The Balaban J connectivity index is 1.41. The summed E-state index contributed by atoms with van der Waals surface area (Å²) in [7, 11) is 2.85. The van der Waals surface area contributed by atoms with Gasteiger partial charge >= 0.3 is 5.97 Å². The molecule has 0 aromatic heterocycles. The van der Waals surface area contributed by atoms with Crippen molar-refractivity contribution in [2.75, 3.05) is 26.1 Å². The third-order valence-electron chi connectivity index (χ3n) is 5.03. The number of Topliss-reactive ketones (excluding diaryl/α,β-unsaturated/α-hetero) is 1. The number of carbonyl (C=O) groups is 3. The predicted molar refractivity (Wildman–Crippen MR) is 124 cm³/mol. The number of amides is 1. The number of fused-ring (bicyclic) bond motifs is 1. The molecule has 1 aliphatic rings. The van der Waals surface area contributed by atoms with Gasteiger partial charge in [-0.05, 0) is 48.0 Å². The second-order valence-corrected chi connectivity index (χ2v) is 7.24. The van der Waals surface area contributed by atoms with Crippen LogP contribution < -0.4 is 19.5 Å². The largest absolute Gasteiger partial charge is 0.497 e. The van der Waals surface area contributed by atoms with Crippen molar-refractivity contribution in [2.45, 2.75) is 0 Å². The number of nitrogens with one attached hydrogen (secondary N) is 1. The van der Waals surface area contributed by atoms with Crippen LogP contribution in [0, 0.1) is 0 Å². The summed E-state index contributed by atoms with van der Waals surface area (Å²) in [5, 5.41) is 2.63. The Morgan fingerprint density at radius 1 is 0.971 bits per heavy atom. The summed E-state index contributed by atoms with van der Waals surface area (Å²) in [6.45, 7) is -0.309. The van der Waals surface area contributed by atoms with E-state index in [4.69, 9.17) is 18.9 Å². The van der Waals surface area contributed by atoms with Crippen LogP contribution in [0.2, 0.25) is 0 Å². The number of ketones is 1.